The van der Waals surface area contributed by atoms with Gasteiger partial charge in [0.2, 0.25) is 0 Å². The Morgan fingerprint density at radius 3 is 2.75 bits per heavy atom. The summed E-state index contributed by atoms with van der Waals surface area (Å²) in [7, 11) is 0. The maximum Gasteiger partial charge on any atom is 0.191 e. The molecule has 2 heterocycles. The zero-order valence-corrected chi connectivity index (χ0v) is 20.2. The molecule has 2 fully saturated rings. The van der Waals surface area contributed by atoms with Crippen LogP contribution in [0.1, 0.15) is 43.7 Å². The maximum atomic E-state index is 10.8. The molecule has 2 aromatic heterocycles. The Morgan fingerprint density at radius 1 is 1.22 bits per heavy atom. The van der Waals surface area contributed by atoms with Crippen molar-refractivity contribution in [3.63, 3.8) is 0 Å². The van der Waals surface area contributed by atoms with E-state index in [1.54, 1.807) is 16.4 Å². The molecule has 8 nitrogen and oxygen atoms in total. The van der Waals surface area contributed by atoms with Gasteiger partial charge in [-0.3, -0.25) is 0 Å². The zero-order chi connectivity index (χ0) is 22.2. The van der Waals surface area contributed by atoms with E-state index >= 15 is 0 Å². The molecule has 2 saturated carbocycles. The SMILES string of the molecule is CCCSc1nc(NC2CC2c2ccccc2)c2nnn(C3CC(CO)C(Br)C3O)c2n1. The zero-order valence-electron chi connectivity index (χ0n) is 17.8. The predicted molar refractivity (Wildman–Crippen MR) is 128 cm³/mol. The second kappa shape index (κ2) is 9.24. The van der Waals surface area contributed by atoms with Crippen LogP contribution in [0.15, 0.2) is 35.5 Å². The Labute approximate surface area is 199 Å². The van der Waals surface area contributed by atoms with E-state index < -0.39 is 6.10 Å². The van der Waals surface area contributed by atoms with Crippen molar-refractivity contribution in [2.75, 3.05) is 17.7 Å². The number of hydrogen-bond donors (Lipinski definition) is 3. The quantitative estimate of drug-likeness (QED) is 0.236. The lowest BCUT2D eigenvalue weighted by atomic mass is 10.1. The van der Waals surface area contributed by atoms with Crippen LogP contribution in [0.2, 0.25) is 0 Å². The molecule has 2 aliphatic rings. The van der Waals surface area contributed by atoms with Gasteiger partial charge < -0.3 is 15.5 Å². The van der Waals surface area contributed by atoms with Gasteiger partial charge in [0.15, 0.2) is 22.1 Å². The number of alkyl halides is 1. The number of anilines is 1. The molecule has 0 spiro atoms. The summed E-state index contributed by atoms with van der Waals surface area (Å²) >= 11 is 5.14. The molecule has 6 unspecified atom stereocenters. The lowest BCUT2D eigenvalue weighted by Crippen LogP contribution is -2.26. The largest absolute Gasteiger partial charge is 0.396 e. The van der Waals surface area contributed by atoms with Crippen LogP contribution in [0.3, 0.4) is 0 Å². The van der Waals surface area contributed by atoms with Crippen molar-refractivity contribution in [1.82, 2.24) is 25.0 Å². The molecular formula is C22H27BrN6O2S. The second-order valence-corrected chi connectivity index (χ2v) is 10.7. The third-order valence-corrected chi connectivity index (χ3v) is 8.68. The number of nitrogens with one attached hydrogen (secondary N) is 1. The molecule has 6 atom stereocenters. The van der Waals surface area contributed by atoms with Crippen molar-refractivity contribution in [2.24, 2.45) is 5.92 Å². The molecule has 0 aliphatic heterocycles. The first-order valence-corrected chi connectivity index (χ1v) is 13.0. The van der Waals surface area contributed by atoms with Crippen LogP contribution >= 0.6 is 27.7 Å². The summed E-state index contributed by atoms with van der Waals surface area (Å²) < 4.78 is 1.72. The lowest BCUT2D eigenvalue weighted by molar-refractivity contribution is 0.133. The number of halogens is 1. The summed E-state index contributed by atoms with van der Waals surface area (Å²) in [6, 6.07) is 10.5. The van der Waals surface area contributed by atoms with Crippen molar-refractivity contribution >= 4 is 44.7 Å². The highest BCUT2D eigenvalue weighted by Crippen LogP contribution is 2.44. The monoisotopic (exact) mass is 518 g/mol. The fraction of sp³-hybridized carbons (Fsp3) is 0.545. The summed E-state index contributed by atoms with van der Waals surface area (Å²) in [5.74, 6) is 2.04. The van der Waals surface area contributed by atoms with Crippen LogP contribution in [0.25, 0.3) is 11.2 Å². The Balaban J connectivity index is 1.46. The standard InChI is InChI=1S/C22H27BrN6O2S/c1-2-8-32-22-25-20(24-15-10-14(15)12-6-4-3-5-7-12)18-21(26-22)29(28-27-18)16-9-13(11-30)17(23)19(16)31/h3-7,13-17,19,30-31H,2,8-11H2,1H3,(H,24,25,26). The van der Waals surface area contributed by atoms with E-state index in [2.05, 4.69) is 62.7 Å². The Hall–Kier alpha value is -1.75. The number of thioether (sulfide) groups is 1. The summed E-state index contributed by atoms with van der Waals surface area (Å²) in [4.78, 5) is 9.33. The van der Waals surface area contributed by atoms with Gasteiger partial charge in [-0.25, -0.2) is 14.6 Å². The van der Waals surface area contributed by atoms with Gasteiger partial charge in [-0.1, -0.05) is 70.2 Å². The Morgan fingerprint density at radius 2 is 2.03 bits per heavy atom. The van der Waals surface area contributed by atoms with E-state index in [4.69, 9.17) is 9.97 Å². The van der Waals surface area contributed by atoms with Gasteiger partial charge in [0.25, 0.3) is 0 Å². The normalized spacial score (nSPS) is 29.5. The number of aliphatic hydroxyl groups excluding tert-OH is 2. The number of nitrogens with zero attached hydrogens (tertiary/aromatic N) is 5. The predicted octanol–water partition coefficient (Wildman–Crippen LogP) is 3.37. The maximum absolute atomic E-state index is 10.8. The van der Waals surface area contributed by atoms with Gasteiger partial charge in [0, 0.05) is 29.1 Å². The van der Waals surface area contributed by atoms with Crippen LogP contribution in [0.4, 0.5) is 5.82 Å². The van der Waals surface area contributed by atoms with Crippen molar-refractivity contribution in [3.05, 3.63) is 35.9 Å². The highest BCUT2D eigenvalue weighted by atomic mass is 79.9. The van der Waals surface area contributed by atoms with E-state index in [1.807, 2.05) is 6.07 Å². The molecule has 0 amide bonds. The van der Waals surface area contributed by atoms with Gasteiger partial charge in [-0.15, -0.1) is 5.10 Å². The fourth-order valence-electron chi connectivity index (χ4n) is 4.48. The molecular weight excluding hydrogens is 492 g/mol. The van der Waals surface area contributed by atoms with Crippen molar-refractivity contribution in [1.29, 1.82) is 0 Å². The lowest BCUT2D eigenvalue weighted by Gasteiger charge is -2.17. The number of benzene rings is 1. The topological polar surface area (TPSA) is 109 Å². The van der Waals surface area contributed by atoms with Crippen molar-refractivity contribution in [3.8, 4) is 0 Å². The van der Waals surface area contributed by atoms with Crippen LogP contribution < -0.4 is 5.32 Å². The van der Waals surface area contributed by atoms with Gasteiger partial charge in [-0.2, -0.15) is 0 Å². The molecule has 3 N–H and O–H groups in total. The van der Waals surface area contributed by atoms with Crippen LogP contribution in [-0.4, -0.2) is 64.5 Å². The molecule has 0 bridgehead atoms. The Bertz CT molecular complexity index is 1080. The van der Waals surface area contributed by atoms with E-state index in [1.165, 1.54) is 5.56 Å². The molecule has 0 radical (unpaired) electrons. The highest BCUT2D eigenvalue weighted by Gasteiger charge is 2.43. The third-order valence-electron chi connectivity index (χ3n) is 6.34. The first kappa shape index (κ1) is 22.1. The molecule has 170 valence electrons. The Kier molecular flexibility index (Phi) is 6.37. The van der Waals surface area contributed by atoms with Gasteiger partial charge >= 0.3 is 0 Å². The number of hydrogen-bond acceptors (Lipinski definition) is 8. The number of aromatic nitrogens is 5. The summed E-state index contributed by atoms with van der Waals surface area (Å²) in [5, 5.41) is 33.5. The van der Waals surface area contributed by atoms with Crippen LogP contribution in [0.5, 0.6) is 0 Å². The molecule has 1 aromatic carbocycles. The average Bonchev–Trinajstić information content (AvgIpc) is 3.36. The summed E-state index contributed by atoms with van der Waals surface area (Å²) in [6.45, 7) is 2.14. The molecule has 2 aliphatic carbocycles. The molecule has 3 aromatic rings. The van der Waals surface area contributed by atoms with Crippen molar-refractivity contribution in [2.45, 2.75) is 60.3 Å². The van der Waals surface area contributed by atoms with E-state index in [0.717, 1.165) is 18.6 Å². The number of fused-ring (bicyclic) bond motifs is 1. The van der Waals surface area contributed by atoms with E-state index in [9.17, 15) is 10.2 Å². The molecule has 0 saturated heterocycles. The number of rotatable bonds is 8. The van der Waals surface area contributed by atoms with Crippen LogP contribution in [-0.2, 0) is 0 Å². The molecule has 5 rings (SSSR count). The highest BCUT2D eigenvalue weighted by molar-refractivity contribution is 9.09. The minimum atomic E-state index is -0.680. The smallest absolute Gasteiger partial charge is 0.191 e. The third kappa shape index (κ3) is 4.13. The fourth-order valence-corrected chi connectivity index (χ4v) is 5.91. The molecule has 32 heavy (non-hydrogen) atoms. The first-order chi connectivity index (χ1) is 15.6. The summed E-state index contributed by atoms with van der Waals surface area (Å²) in [6.07, 6.45) is 2.00. The second-order valence-electron chi connectivity index (χ2n) is 8.59. The van der Waals surface area contributed by atoms with E-state index in [-0.39, 0.29) is 23.4 Å². The summed E-state index contributed by atoms with van der Waals surface area (Å²) in [5.41, 5.74) is 2.57. The number of aliphatic hydroxyl groups is 2. The molecule has 10 heteroatoms. The van der Waals surface area contributed by atoms with Gasteiger partial charge in [0.05, 0.1) is 12.1 Å². The van der Waals surface area contributed by atoms with Crippen LogP contribution in [0, 0.1) is 5.92 Å². The van der Waals surface area contributed by atoms with E-state index in [0.29, 0.717) is 40.5 Å². The van der Waals surface area contributed by atoms with Crippen molar-refractivity contribution < 1.29 is 10.2 Å². The van der Waals surface area contributed by atoms with Gasteiger partial charge in [0.1, 0.15) is 0 Å². The average molecular weight is 519 g/mol. The minimum absolute atomic E-state index is 0.0120. The minimum Gasteiger partial charge on any atom is -0.396 e. The van der Waals surface area contributed by atoms with Gasteiger partial charge in [-0.05, 0) is 30.7 Å². The first-order valence-electron chi connectivity index (χ1n) is 11.1.